The molecular weight excluding hydrogens is 412 g/mol. The summed E-state index contributed by atoms with van der Waals surface area (Å²) in [6, 6.07) is 7.41. The summed E-state index contributed by atoms with van der Waals surface area (Å²) in [5, 5.41) is 5.84. The van der Waals surface area contributed by atoms with Crippen molar-refractivity contribution in [2.75, 3.05) is 17.8 Å². The molecule has 10 nitrogen and oxygen atoms in total. The van der Waals surface area contributed by atoms with E-state index >= 15 is 0 Å². The summed E-state index contributed by atoms with van der Waals surface area (Å²) in [5.74, 6) is 1.67. The molecule has 0 radical (unpaired) electrons. The van der Waals surface area contributed by atoms with Crippen LogP contribution in [-0.4, -0.2) is 27.7 Å². The van der Waals surface area contributed by atoms with Crippen molar-refractivity contribution in [2.24, 2.45) is 0 Å². The Balaban J connectivity index is 1.63. The molecule has 3 aromatic rings. The van der Waals surface area contributed by atoms with Crippen LogP contribution in [0.5, 0.6) is 11.5 Å². The van der Waals surface area contributed by atoms with Gasteiger partial charge in [0, 0.05) is 37.0 Å². The average Bonchev–Trinajstić information content (AvgIpc) is 3.21. The number of amides is 1. The summed E-state index contributed by atoms with van der Waals surface area (Å²) >= 11 is 0. The number of H-pyrrole nitrogens is 1. The third-order valence-corrected chi connectivity index (χ3v) is 5.12. The van der Waals surface area contributed by atoms with Gasteiger partial charge in [-0.05, 0) is 43.2 Å². The van der Waals surface area contributed by atoms with Crippen LogP contribution in [0.2, 0.25) is 0 Å². The van der Waals surface area contributed by atoms with Gasteiger partial charge in [0.25, 0.3) is 5.56 Å². The van der Waals surface area contributed by atoms with Crippen LogP contribution in [0.15, 0.2) is 29.1 Å². The summed E-state index contributed by atoms with van der Waals surface area (Å²) in [4.78, 5) is 35.6. The lowest BCUT2D eigenvalue weighted by molar-refractivity contribution is -0.119. The normalized spacial score (nSPS) is 12.0. The number of ether oxygens (including phenoxy) is 2. The van der Waals surface area contributed by atoms with E-state index in [-0.39, 0.29) is 24.1 Å². The first kappa shape index (κ1) is 21.2. The van der Waals surface area contributed by atoms with Crippen molar-refractivity contribution in [3.63, 3.8) is 0 Å². The van der Waals surface area contributed by atoms with Gasteiger partial charge in [-0.2, -0.15) is 0 Å². The SMILES string of the molecule is CC(=O)NCc1cc(-c2nc(NCc3ccc4c(c3)OCO4)c(=O)[nH]c2C)c(N)nc1C. The van der Waals surface area contributed by atoms with E-state index in [1.165, 1.54) is 6.92 Å². The largest absolute Gasteiger partial charge is 0.454 e. The lowest BCUT2D eigenvalue weighted by Crippen LogP contribution is -2.20. The first-order valence-electron chi connectivity index (χ1n) is 10.1. The molecule has 0 atom stereocenters. The topological polar surface area (TPSA) is 144 Å². The number of nitrogen functional groups attached to an aromatic ring is 1. The van der Waals surface area contributed by atoms with E-state index in [2.05, 4.69) is 25.6 Å². The predicted molar refractivity (Wildman–Crippen MR) is 119 cm³/mol. The number of hydrogen-bond acceptors (Lipinski definition) is 8. The molecular formula is C22H24N6O4. The molecule has 0 fully saturated rings. The molecule has 3 heterocycles. The van der Waals surface area contributed by atoms with Crippen molar-refractivity contribution in [1.29, 1.82) is 0 Å². The number of nitrogens with two attached hydrogens (primary N) is 1. The number of aryl methyl sites for hydroxylation is 2. The average molecular weight is 436 g/mol. The molecule has 1 aliphatic heterocycles. The minimum Gasteiger partial charge on any atom is -0.454 e. The Morgan fingerprint density at radius 3 is 2.72 bits per heavy atom. The van der Waals surface area contributed by atoms with Crippen molar-refractivity contribution in [1.82, 2.24) is 20.3 Å². The molecule has 0 saturated carbocycles. The molecule has 1 amide bonds. The third-order valence-electron chi connectivity index (χ3n) is 5.12. The summed E-state index contributed by atoms with van der Waals surface area (Å²) in [5.41, 5.74) is 9.91. The zero-order valence-electron chi connectivity index (χ0n) is 18.0. The number of carbonyl (C=O) groups is 1. The van der Waals surface area contributed by atoms with E-state index in [1.54, 1.807) is 6.92 Å². The van der Waals surface area contributed by atoms with Gasteiger partial charge in [-0.25, -0.2) is 9.97 Å². The van der Waals surface area contributed by atoms with Gasteiger partial charge >= 0.3 is 0 Å². The standard InChI is InChI=1S/C22H24N6O4/c1-11-15(9-24-13(3)29)7-16(20(23)26-11)19-12(2)27-22(30)21(28-19)25-8-14-4-5-17-18(6-14)32-10-31-17/h4-7H,8-10H2,1-3H3,(H2,23,26)(H,24,29)(H,25,28)(H,27,30). The first-order valence-corrected chi connectivity index (χ1v) is 10.1. The Bertz CT molecular complexity index is 1250. The van der Waals surface area contributed by atoms with E-state index in [4.69, 9.17) is 15.2 Å². The second-order valence-electron chi connectivity index (χ2n) is 7.50. The molecule has 0 saturated heterocycles. The molecule has 10 heteroatoms. The van der Waals surface area contributed by atoms with Crippen LogP contribution in [-0.2, 0) is 17.9 Å². The Morgan fingerprint density at radius 2 is 1.94 bits per heavy atom. The smallest absolute Gasteiger partial charge is 0.290 e. The van der Waals surface area contributed by atoms with Crippen LogP contribution in [0.1, 0.15) is 29.4 Å². The minimum atomic E-state index is -0.343. The van der Waals surface area contributed by atoms with Crippen molar-refractivity contribution >= 4 is 17.5 Å². The number of pyridine rings is 1. The Labute approximate surface area is 184 Å². The lowest BCUT2D eigenvalue weighted by Gasteiger charge is -2.14. The van der Waals surface area contributed by atoms with Gasteiger partial charge in [0.1, 0.15) is 5.82 Å². The molecule has 5 N–H and O–H groups in total. The van der Waals surface area contributed by atoms with Gasteiger partial charge < -0.3 is 30.8 Å². The van der Waals surface area contributed by atoms with E-state index < -0.39 is 0 Å². The molecule has 4 rings (SSSR count). The number of rotatable bonds is 6. The van der Waals surface area contributed by atoms with Crippen molar-refractivity contribution in [3.05, 3.63) is 57.1 Å². The van der Waals surface area contributed by atoms with Gasteiger partial charge in [-0.3, -0.25) is 9.59 Å². The van der Waals surface area contributed by atoms with Crippen LogP contribution >= 0.6 is 0 Å². The fourth-order valence-corrected chi connectivity index (χ4v) is 3.41. The molecule has 0 aliphatic carbocycles. The molecule has 0 spiro atoms. The number of benzene rings is 1. The number of aromatic amines is 1. The first-order chi connectivity index (χ1) is 15.3. The Morgan fingerprint density at radius 1 is 1.16 bits per heavy atom. The molecule has 166 valence electrons. The maximum Gasteiger partial charge on any atom is 0.290 e. The predicted octanol–water partition coefficient (Wildman–Crippen LogP) is 2.01. The van der Waals surface area contributed by atoms with Crippen molar-refractivity contribution in [3.8, 4) is 22.8 Å². The second-order valence-corrected chi connectivity index (χ2v) is 7.50. The molecule has 1 aliphatic rings. The summed E-state index contributed by atoms with van der Waals surface area (Å²) in [6.45, 7) is 5.90. The molecule has 1 aromatic carbocycles. The third kappa shape index (κ3) is 4.34. The molecule has 0 bridgehead atoms. The summed E-state index contributed by atoms with van der Waals surface area (Å²) in [6.07, 6.45) is 0. The number of anilines is 2. The van der Waals surface area contributed by atoms with Gasteiger partial charge in [-0.15, -0.1) is 0 Å². The maximum atomic E-state index is 12.5. The Kier molecular flexibility index (Phi) is 5.67. The van der Waals surface area contributed by atoms with Crippen LogP contribution in [0, 0.1) is 13.8 Å². The zero-order valence-corrected chi connectivity index (χ0v) is 18.0. The van der Waals surface area contributed by atoms with E-state index in [1.807, 2.05) is 31.2 Å². The maximum absolute atomic E-state index is 12.5. The number of fused-ring (bicyclic) bond motifs is 1. The zero-order chi connectivity index (χ0) is 22.8. The van der Waals surface area contributed by atoms with E-state index in [0.717, 1.165) is 11.1 Å². The van der Waals surface area contributed by atoms with Gasteiger partial charge in [0.15, 0.2) is 17.3 Å². The summed E-state index contributed by atoms with van der Waals surface area (Å²) in [7, 11) is 0. The van der Waals surface area contributed by atoms with E-state index in [0.29, 0.717) is 53.1 Å². The summed E-state index contributed by atoms with van der Waals surface area (Å²) < 4.78 is 10.7. The fourth-order valence-electron chi connectivity index (χ4n) is 3.41. The number of nitrogens with zero attached hydrogens (tertiary/aromatic N) is 2. The number of aromatic nitrogens is 3. The second kappa shape index (κ2) is 8.58. The van der Waals surface area contributed by atoms with E-state index in [9.17, 15) is 9.59 Å². The quantitative estimate of drug-likeness (QED) is 0.459. The molecule has 2 aromatic heterocycles. The fraction of sp³-hybridized carbons (Fsp3) is 0.273. The van der Waals surface area contributed by atoms with Crippen molar-refractivity contribution < 1.29 is 14.3 Å². The van der Waals surface area contributed by atoms with Crippen LogP contribution < -0.4 is 31.4 Å². The highest BCUT2D eigenvalue weighted by molar-refractivity contribution is 5.75. The van der Waals surface area contributed by atoms with Crippen LogP contribution in [0.4, 0.5) is 11.6 Å². The number of carbonyl (C=O) groups excluding carboxylic acids is 1. The Hall–Kier alpha value is -4.08. The van der Waals surface area contributed by atoms with Gasteiger partial charge in [-0.1, -0.05) is 6.07 Å². The molecule has 32 heavy (non-hydrogen) atoms. The highest BCUT2D eigenvalue weighted by Crippen LogP contribution is 2.32. The number of hydrogen-bond donors (Lipinski definition) is 4. The number of nitrogens with one attached hydrogen (secondary N) is 3. The van der Waals surface area contributed by atoms with Crippen molar-refractivity contribution in [2.45, 2.75) is 33.9 Å². The van der Waals surface area contributed by atoms with Crippen LogP contribution in [0.25, 0.3) is 11.3 Å². The van der Waals surface area contributed by atoms with Gasteiger partial charge in [0.2, 0.25) is 12.7 Å². The highest BCUT2D eigenvalue weighted by Gasteiger charge is 2.17. The lowest BCUT2D eigenvalue weighted by atomic mass is 10.1. The minimum absolute atomic E-state index is 0.142. The van der Waals surface area contributed by atoms with Crippen LogP contribution in [0.3, 0.4) is 0 Å². The highest BCUT2D eigenvalue weighted by atomic mass is 16.7. The monoisotopic (exact) mass is 436 g/mol. The molecule has 0 unspecified atom stereocenters. The van der Waals surface area contributed by atoms with Gasteiger partial charge in [0.05, 0.1) is 5.69 Å².